The summed E-state index contributed by atoms with van der Waals surface area (Å²) >= 11 is 6.06. The number of nitrogens with one attached hydrogen (secondary N) is 1. The smallest absolute Gasteiger partial charge is 0.405 e. The first-order valence-corrected chi connectivity index (χ1v) is 14.7. The van der Waals surface area contributed by atoms with E-state index in [0.29, 0.717) is 42.9 Å². The van der Waals surface area contributed by atoms with E-state index in [-0.39, 0.29) is 24.2 Å². The molecule has 0 unspecified atom stereocenters. The third-order valence-corrected chi connectivity index (χ3v) is 9.09. The van der Waals surface area contributed by atoms with Gasteiger partial charge in [0.25, 0.3) is 0 Å². The number of hydrogen-bond acceptors (Lipinski definition) is 5. The monoisotopic (exact) mass is 587 g/mol. The van der Waals surface area contributed by atoms with Gasteiger partial charge in [0.2, 0.25) is 11.8 Å². The number of aliphatic hydroxyl groups is 1. The zero-order valence-corrected chi connectivity index (χ0v) is 26.2. The summed E-state index contributed by atoms with van der Waals surface area (Å²) in [5, 5.41) is 15.3. The van der Waals surface area contributed by atoms with Crippen LogP contribution < -0.4 is 11.1 Å². The molecule has 1 heterocycles. The van der Waals surface area contributed by atoms with Gasteiger partial charge in [-0.3, -0.25) is 9.59 Å². The highest BCUT2D eigenvalue weighted by atomic mass is 35.5. The van der Waals surface area contributed by atoms with E-state index in [2.05, 4.69) is 17.6 Å². The summed E-state index contributed by atoms with van der Waals surface area (Å²) in [5.74, 6) is -1.10. The molecule has 3 rings (SSSR count). The van der Waals surface area contributed by atoms with Gasteiger partial charge in [-0.2, -0.15) is 0 Å². The zero-order valence-electron chi connectivity index (χ0n) is 25.5. The average molecular weight is 588 g/mol. The number of primary amides is 1. The van der Waals surface area contributed by atoms with Crippen LogP contribution in [0.5, 0.6) is 0 Å². The Hall–Kier alpha value is -2.80. The molecule has 1 aromatic carbocycles. The minimum atomic E-state index is -1.14. The lowest BCUT2D eigenvalue weighted by Gasteiger charge is -2.51. The molecule has 3 amide bonds. The van der Waals surface area contributed by atoms with Crippen molar-refractivity contribution < 1.29 is 24.2 Å². The quantitative estimate of drug-likeness (QED) is 0.373. The largest absolute Gasteiger partial charge is 0.438 e. The van der Waals surface area contributed by atoms with Gasteiger partial charge in [0.15, 0.2) is 0 Å². The van der Waals surface area contributed by atoms with Crippen LogP contribution in [0.4, 0.5) is 4.79 Å². The summed E-state index contributed by atoms with van der Waals surface area (Å²) in [6.45, 7) is 18.1. The van der Waals surface area contributed by atoms with Crippen molar-refractivity contribution in [1.82, 2.24) is 10.2 Å². The van der Waals surface area contributed by atoms with Crippen LogP contribution in [-0.4, -0.2) is 52.6 Å². The number of halogens is 1. The van der Waals surface area contributed by atoms with Crippen molar-refractivity contribution in [2.45, 2.75) is 91.4 Å². The first kappa shape index (κ1) is 32.7. The van der Waals surface area contributed by atoms with E-state index in [4.69, 9.17) is 22.1 Å². The van der Waals surface area contributed by atoms with E-state index >= 15 is 0 Å². The third kappa shape index (κ3) is 6.66. The van der Waals surface area contributed by atoms with Crippen molar-refractivity contribution in [3.63, 3.8) is 0 Å². The highest BCUT2D eigenvalue weighted by Crippen LogP contribution is 2.49. The molecule has 1 saturated carbocycles. The number of benzene rings is 1. The van der Waals surface area contributed by atoms with Crippen LogP contribution in [0.1, 0.15) is 79.7 Å². The molecule has 1 aliphatic heterocycles. The molecule has 1 aromatic rings. The molecule has 1 saturated heterocycles. The lowest BCUT2D eigenvalue weighted by molar-refractivity contribution is -0.157. The molecule has 2 fully saturated rings. The lowest BCUT2D eigenvalue weighted by Crippen LogP contribution is -2.60. The number of carbonyl (C=O) groups excluding carboxylic acids is 3. The molecule has 8 nitrogen and oxygen atoms in total. The van der Waals surface area contributed by atoms with Gasteiger partial charge >= 0.3 is 6.09 Å². The maximum Gasteiger partial charge on any atom is 0.405 e. The van der Waals surface area contributed by atoms with Crippen LogP contribution in [0, 0.1) is 22.7 Å². The van der Waals surface area contributed by atoms with Crippen LogP contribution in [0.3, 0.4) is 0 Å². The number of nitrogens with two attached hydrogens (primary N) is 1. The van der Waals surface area contributed by atoms with Crippen LogP contribution in [0.25, 0.3) is 0 Å². The second-order valence-electron chi connectivity index (χ2n) is 13.6. The Balaban J connectivity index is 1.77. The highest BCUT2D eigenvalue weighted by Gasteiger charge is 2.52. The summed E-state index contributed by atoms with van der Waals surface area (Å²) in [7, 11) is 0. The zero-order chi connectivity index (χ0) is 31.0. The van der Waals surface area contributed by atoms with Crippen LogP contribution in [0.2, 0.25) is 5.02 Å². The number of ether oxygens (including phenoxy) is 1. The minimum absolute atomic E-state index is 0.169. The van der Waals surface area contributed by atoms with Crippen LogP contribution in [0.15, 0.2) is 42.1 Å². The summed E-state index contributed by atoms with van der Waals surface area (Å²) in [6, 6.07) is 6.43. The molecule has 9 heteroatoms. The topological polar surface area (TPSA) is 122 Å². The van der Waals surface area contributed by atoms with Crippen LogP contribution >= 0.6 is 11.6 Å². The molecule has 2 aliphatic rings. The Morgan fingerprint density at radius 1 is 1.20 bits per heavy atom. The first-order chi connectivity index (χ1) is 18.9. The van der Waals surface area contributed by atoms with Crippen molar-refractivity contribution in [2.24, 2.45) is 28.4 Å². The Morgan fingerprint density at radius 2 is 1.80 bits per heavy atom. The summed E-state index contributed by atoms with van der Waals surface area (Å²) in [6.07, 6.45) is 0.549. The number of nitrogens with zero attached hydrogens (tertiary/aromatic N) is 1. The predicted molar refractivity (Wildman–Crippen MR) is 160 cm³/mol. The van der Waals surface area contributed by atoms with E-state index in [0.717, 1.165) is 5.56 Å². The maximum atomic E-state index is 13.8. The van der Waals surface area contributed by atoms with Gasteiger partial charge in [-0.1, -0.05) is 78.8 Å². The van der Waals surface area contributed by atoms with E-state index in [1.807, 2.05) is 60.6 Å². The molecule has 0 bridgehead atoms. The molecule has 0 spiro atoms. The Morgan fingerprint density at radius 3 is 2.29 bits per heavy atom. The van der Waals surface area contributed by atoms with Gasteiger partial charge in [0.05, 0.1) is 5.60 Å². The fraction of sp³-hybridized carbons (Fsp3) is 0.625. The molecule has 0 radical (unpaired) electrons. The number of rotatable bonds is 7. The van der Waals surface area contributed by atoms with E-state index in [9.17, 15) is 19.5 Å². The molecule has 0 aromatic heterocycles. The maximum absolute atomic E-state index is 13.8. The molecule has 41 heavy (non-hydrogen) atoms. The van der Waals surface area contributed by atoms with Crippen molar-refractivity contribution in [3.8, 4) is 0 Å². The molecule has 1 aliphatic carbocycles. The molecular formula is C32H46ClN3O5. The molecule has 226 valence electrons. The first-order valence-electron chi connectivity index (χ1n) is 14.3. The van der Waals surface area contributed by atoms with Crippen molar-refractivity contribution in [1.29, 1.82) is 0 Å². The van der Waals surface area contributed by atoms with Gasteiger partial charge in [-0.25, -0.2) is 4.79 Å². The van der Waals surface area contributed by atoms with Crippen molar-refractivity contribution >= 4 is 29.5 Å². The van der Waals surface area contributed by atoms with E-state index < -0.39 is 40.1 Å². The average Bonchev–Trinajstić information content (AvgIpc) is 3.27. The van der Waals surface area contributed by atoms with Gasteiger partial charge in [-0.15, -0.1) is 5.73 Å². The van der Waals surface area contributed by atoms with Crippen molar-refractivity contribution in [2.75, 3.05) is 13.1 Å². The number of carbonyl (C=O) groups is 3. The number of hydrogen-bond donors (Lipinski definition) is 3. The van der Waals surface area contributed by atoms with Gasteiger partial charge in [0, 0.05) is 41.4 Å². The lowest BCUT2D eigenvalue weighted by atomic mass is 9.66. The standard InChI is InChI=1S/C32H46ClN3O5/c1-9-24(29(4,5)6)31(41-28(34)39)15-14-21(18-31)26(37)35-25(20(2)3)27(38)36-17-16-32(40,30(7,8)19-36)22-10-12-23(33)13-11-22/h10-13,20-21,25,40H,1,14-19H2,2-8H3,(H2,34,39)(H,35,37)/t21-,25-,31-,32+/m1/s1. The van der Waals surface area contributed by atoms with Gasteiger partial charge < -0.3 is 25.8 Å². The normalized spacial score (nSPS) is 26.7. The van der Waals surface area contributed by atoms with Crippen LogP contribution in [-0.2, 0) is 19.9 Å². The Kier molecular flexibility index (Phi) is 9.44. The SMILES string of the molecule is C=C=C(C(C)(C)C)[C@@]1(OC(N)=O)CC[C@@H](C(=O)N[C@@H](C(=O)N2CC[C@](O)(c3ccc(Cl)cc3)C(C)(C)C2)C(C)C)C1. The van der Waals surface area contributed by atoms with E-state index in [1.165, 1.54) is 0 Å². The predicted octanol–water partition coefficient (Wildman–Crippen LogP) is 5.32. The third-order valence-electron chi connectivity index (χ3n) is 8.84. The summed E-state index contributed by atoms with van der Waals surface area (Å²) in [4.78, 5) is 41.0. The second kappa shape index (κ2) is 11.8. The number of piperidine rings is 1. The Bertz CT molecular complexity index is 1210. The van der Waals surface area contributed by atoms with Gasteiger partial charge in [-0.05, 0) is 48.3 Å². The molecule has 4 N–H and O–H groups in total. The van der Waals surface area contributed by atoms with E-state index in [1.54, 1.807) is 17.0 Å². The van der Waals surface area contributed by atoms with Crippen molar-refractivity contribution in [3.05, 3.63) is 52.7 Å². The summed E-state index contributed by atoms with van der Waals surface area (Å²) in [5.41, 5.74) is 6.58. The minimum Gasteiger partial charge on any atom is -0.438 e. The second-order valence-corrected chi connectivity index (χ2v) is 14.1. The fourth-order valence-corrected chi connectivity index (χ4v) is 6.78. The highest BCUT2D eigenvalue weighted by molar-refractivity contribution is 6.30. The molecular weight excluding hydrogens is 542 g/mol. The fourth-order valence-electron chi connectivity index (χ4n) is 6.66. The summed E-state index contributed by atoms with van der Waals surface area (Å²) < 4.78 is 5.65. The Labute approximate surface area is 249 Å². The molecule has 4 atom stereocenters. The number of amides is 3. The van der Waals surface area contributed by atoms with Gasteiger partial charge in [0.1, 0.15) is 11.6 Å². The number of likely N-dealkylation sites (tertiary alicyclic amines) is 1.